The van der Waals surface area contributed by atoms with Crippen LogP contribution in [0.3, 0.4) is 0 Å². The van der Waals surface area contributed by atoms with E-state index in [1.54, 1.807) is 6.08 Å². The smallest absolute Gasteiger partial charge is 0.290 e. The second-order valence-electron chi connectivity index (χ2n) is 8.60. The van der Waals surface area contributed by atoms with Gasteiger partial charge in [-0.05, 0) is 79.9 Å². The fourth-order valence-corrected chi connectivity index (χ4v) is 5.21. The van der Waals surface area contributed by atoms with Gasteiger partial charge >= 0.3 is 0 Å². The minimum Gasteiger partial charge on any atom is -0.370 e. The van der Waals surface area contributed by atoms with E-state index in [0.717, 1.165) is 65.4 Å². The summed E-state index contributed by atoms with van der Waals surface area (Å²) in [5.41, 5.74) is 12.1. The summed E-state index contributed by atoms with van der Waals surface area (Å²) in [7, 11) is 0. The minimum absolute atomic E-state index is 0.217. The van der Waals surface area contributed by atoms with Gasteiger partial charge in [-0.2, -0.15) is 0 Å². The Kier molecular flexibility index (Phi) is 5.64. The van der Waals surface area contributed by atoms with Crippen LogP contribution in [0.5, 0.6) is 0 Å². The van der Waals surface area contributed by atoms with Crippen LogP contribution in [0.2, 0.25) is 0 Å². The summed E-state index contributed by atoms with van der Waals surface area (Å²) < 4.78 is 0. The average molecular weight is 460 g/mol. The SMILES string of the molecule is Cc1nc(-c2ccc(N3CCC[C@@H](N)C3)c(C)c2)c2cc(/C=C3\SC(=O)NC3=O)ccc2n1. The van der Waals surface area contributed by atoms with E-state index in [4.69, 9.17) is 10.7 Å². The number of imide groups is 1. The largest absolute Gasteiger partial charge is 0.370 e. The number of aryl methyl sites for hydroxylation is 2. The molecule has 1 atom stereocenters. The third-order valence-electron chi connectivity index (χ3n) is 6.04. The molecular weight excluding hydrogens is 434 g/mol. The molecule has 7 nitrogen and oxygen atoms in total. The summed E-state index contributed by atoms with van der Waals surface area (Å²) in [6.45, 7) is 5.91. The van der Waals surface area contributed by atoms with Crippen molar-refractivity contribution in [1.82, 2.24) is 15.3 Å². The Bertz CT molecular complexity index is 1320. The number of hydrogen-bond donors (Lipinski definition) is 2. The van der Waals surface area contributed by atoms with E-state index in [9.17, 15) is 9.59 Å². The molecule has 2 aromatic carbocycles. The van der Waals surface area contributed by atoms with Crippen molar-refractivity contribution >= 4 is 45.6 Å². The maximum Gasteiger partial charge on any atom is 0.290 e. The molecule has 8 heteroatoms. The number of fused-ring (bicyclic) bond motifs is 1. The fourth-order valence-electron chi connectivity index (χ4n) is 4.53. The van der Waals surface area contributed by atoms with Gasteiger partial charge in [0.15, 0.2) is 0 Å². The fraction of sp³-hybridized carbons (Fsp3) is 0.280. The van der Waals surface area contributed by atoms with Crippen LogP contribution in [-0.4, -0.2) is 40.2 Å². The second-order valence-corrected chi connectivity index (χ2v) is 9.61. The zero-order chi connectivity index (χ0) is 23.1. The molecule has 3 N–H and O–H groups in total. The van der Waals surface area contributed by atoms with Gasteiger partial charge in [-0.1, -0.05) is 12.1 Å². The Balaban J connectivity index is 1.56. The predicted octanol–water partition coefficient (Wildman–Crippen LogP) is 4.17. The topological polar surface area (TPSA) is 101 Å². The minimum atomic E-state index is -0.367. The average Bonchev–Trinajstić information content (AvgIpc) is 3.09. The lowest BCUT2D eigenvalue weighted by Gasteiger charge is -2.33. The Hall–Kier alpha value is -3.23. The van der Waals surface area contributed by atoms with Crippen molar-refractivity contribution in [2.24, 2.45) is 5.73 Å². The first kappa shape index (κ1) is 21.6. The van der Waals surface area contributed by atoms with Gasteiger partial charge in [0.2, 0.25) is 0 Å². The van der Waals surface area contributed by atoms with Crippen LogP contribution in [0.4, 0.5) is 10.5 Å². The van der Waals surface area contributed by atoms with E-state index in [0.29, 0.717) is 10.7 Å². The number of nitrogens with zero attached hydrogens (tertiary/aromatic N) is 3. The predicted molar refractivity (Wildman–Crippen MR) is 133 cm³/mol. The van der Waals surface area contributed by atoms with Crippen molar-refractivity contribution in [2.75, 3.05) is 18.0 Å². The molecule has 1 aromatic heterocycles. The molecule has 5 rings (SSSR count). The van der Waals surface area contributed by atoms with E-state index in [1.807, 2.05) is 25.1 Å². The summed E-state index contributed by atoms with van der Waals surface area (Å²) in [5.74, 6) is 0.331. The van der Waals surface area contributed by atoms with Crippen molar-refractivity contribution in [3.63, 3.8) is 0 Å². The quantitative estimate of drug-likeness (QED) is 0.567. The van der Waals surface area contributed by atoms with E-state index < -0.39 is 0 Å². The van der Waals surface area contributed by atoms with Crippen molar-refractivity contribution in [3.05, 3.63) is 58.3 Å². The third kappa shape index (κ3) is 4.36. The van der Waals surface area contributed by atoms with Crippen LogP contribution in [0.1, 0.15) is 29.8 Å². The molecule has 0 aliphatic carbocycles. The van der Waals surface area contributed by atoms with Gasteiger partial charge in [-0.25, -0.2) is 9.97 Å². The highest BCUT2D eigenvalue weighted by atomic mass is 32.2. The molecule has 0 saturated carbocycles. The normalized spacial score (nSPS) is 20.0. The number of rotatable bonds is 3. The summed E-state index contributed by atoms with van der Waals surface area (Å²) in [6.07, 6.45) is 3.91. The summed E-state index contributed by atoms with van der Waals surface area (Å²) in [6, 6.07) is 12.4. The first-order valence-electron chi connectivity index (χ1n) is 11.0. The molecule has 2 saturated heterocycles. The standard InChI is InChI=1S/C25H25N5O2S/c1-14-10-17(6-8-21(14)30-9-3-4-18(26)13-30)23-19-11-16(5-7-20(19)27-15(2)28-23)12-22-24(31)29-25(32)33-22/h5-8,10-12,18H,3-4,9,13,26H2,1-2H3,(H,29,31,32)/b22-12-/t18-/m1/s1. The van der Waals surface area contributed by atoms with Crippen molar-refractivity contribution in [1.29, 1.82) is 0 Å². The van der Waals surface area contributed by atoms with Crippen molar-refractivity contribution in [3.8, 4) is 11.3 Å². The number of carbonyl (C=O) groups excluding carboxylic acids is 2. The van der Waals surface area contributed by atoms with Crippen LogP contribution in [-0.2, 0) is 4.79 Å². The lowest BCUT2D eigenvalue weighted by molar-refractivity contribution is -0.115. The maximum absolute atomic E-state index is 11.9. The van der Waals surface area contributed by atoms with E-state index in [2.05, 4.69) is 40.3 Å². The summed E-state index contributed by atoms with van der Waals surface area (Å²) in [5, 5.41) is 2.84. The first-order valence-corrected chi connectivity index (χ1v) is 11.8. The molecular formula is C25H25N5O2S. The van der Waals surface area contributed by atoms with Crippen LogP contribution < -0.4 is 16.0 Å². The molecule has 2 amide bonds. The molecule has 3 heterocycles. The Morgan fingerprint density at radius 3 is 2.73 bits per heavy atom. The maximum atomic E-state index is 11.9. The van der Waals surface area contributed by atoms with E-state index in [1.165, 1.54) is 11.3 Å². The molecule has 3 aromatic rings. The van der Waals surface area contributed by atoms with Gasteiger partial charge in [0, 0.05) is 35.8 Å². The second kappa shape index (κ2) is 8.61. The number of nitrogens with one attached hydrogen (secondary N) is 1. The lowest BCUT2D eigenvalue weighted by Crippen LogP contribution is -2.43. The van der Waals surface area contributed by atoms with Crippen LogP contribution in [0, 0.1) is 13.8 Å². The molecule has 2 aliphatic heterocycles. The molecule has 2 fully saturated rings. The molecule has 0 radical (unpaired) electrons. The van der Waals surface area contributed by atoms with Gasteiger partial charge in [0.05, 0.1) is 16.1 Å². The van der Waals surface area contributed by atoms with Gasteiger partial charge in [-0.3, -0.25) is 14.9 Å². The van der Waals surface area contributed by atoms with Crippen LogP contribution in [0.15, 0.2) is 41.3 Å². The molecule has 2 aliphatic rings. The molecule has 0 bridgehead atoms. The number of nitrogens with two attached hydrogens (primary N) is 1. The Morgan fingerprint density at radius 2 is 2.00 bits per heavy atom. The van der Waals surface area contributed by atoms with Crippen molar-refractivity contribution < 1.29 is 9.59 Å². The number of piperidine rings is 1. The lowest BCUT2D eigenvalue weighted by atomic mass is 9.99. The number of carbonyl (C=O) groups is 2. The monoisotopic (exact) mass is 459 g/mol. The highest BCUT2D eigenvalue weighted by Gasteiger charge is 2.25. The zero-order valence-electron chi connectivity index (χ0n) is 18.6. The van der Waals surface area contributed by atoms with Gasteiger partial charge in [0.25, 0.3) is 11.1 Å². The number of amides is 2. The highest BCUT2D eigenvalue weighted by Crippen LogP contribution is 2.33. The number of aromatic nitrogens is 2. The first-order chi connectivity index (χ1) is 15.9. The van der Waals surface area contributed by atoms with Gasteiger partial charge < -0.3 is 10.6 Å². The number of benzene rings is 2. The van der Waals surface area contributed by atoms with Crippen LogP contribution >= 0.6 is 11.8 Å². The third-order valence-corrected chi connectivity index (χ3v) is 6.85. The zero-order valence-corrected chi connectivity index (χ0v) is 19.4. The summed E-state index contributed by atoms with van der Waals surface area (Å²) in [4.78, 5) is 35.5. The van der Waals surface area contributed by atoms with E-state index >= 15 is 0 Å². The van der Waals surface area contributed by atoms with E-state index in [-0.39, 0.29) is 17.2 Å². The highest BCUT2D eigenvalue weighted by molar-refractivity contribution is 8.18. The van der Waals surface area contributed by atoms with Crippen molar-refractivity contribution in [2.45, 2.75) is 32.7 Å². The molecule has 0 spiro atoms. The number of hydrogen-bond acceptors (Lipinski definition) is 7. The number of thioether (sulfide) groups is 1. The molecule has 33 heavy (non-hydrogen) atoms. The molecule has 0 unspecified atom stereocenters. The summed E-state index contributed by atoms with van der Waals surface area (Å²) >= 11 is 0.911. The Morgan fingerprint density at radius 1 is 1.15 bits per heavy atom. The van der Waals surface area contributed by atoms with Crippen LogP contribution in [0.25, 0.3) is 28.2 Å². The van der Waals surface area contributed by atoms with Gasteiger partial charge in [-0.15, -0.1) is 0 Å². The Labute approximate surface area is 196 Å². The van der Waals surface area contributed by atoms with Gasteiger partial charge in [0.1, 0.15) is 5.82 Å². The number of anilines is 1. The molecule has 168 valence electrons.